The lowest BCUT2D eigenvalue weighted by Crippen LogP contribution is -2.26. The summed E-state index contributed by atoms with van der Waals surface area (Å²) >= 11 is 0. The van der Waals surface area contributed by atoms with Gasteiger partial charge in [0.05, 0.1) is 11.9 Å². The molecule has 0 spiro atoms. The Morgan fingerprint density at radius 1 is 1.41 bits per heavy atom. The van der Waals surface area contributed by atoms with Gasteiger partial charge in [-0.05, 0) is 31.0 Å². The van der Waals surface area contributed by atoms with Gasteiger partial charge in [-0.2, -0.15) is 0 Å². The minimum Gasteiger partial charge on any atom is -0.476 e. The summed E-state index contributed by atoms with van der Waals surface area (Å²) in [4.78, 5) is 22.8. The first-order chi connectivity index (χ1) is 10.6. The molecule has 8 heteroatoms. The highest BCUT2D eigenvalue weighted by atomic mass is 16.5. The van der Waals surface area contributed by atoms with Crippen LogP contribution in [0, 0.1) is 0 Å². The topological polar surface area (TPSA) is 106 Å². The smallest absolute Gasteiger partial charge is 0.358 e. The van der Waals surface area contributed by atoms with E-state index >= 15 is 0 Å². The van der Waals surface area contributed by atoms with Crippen LogP contribution in [0.5, 0.6) is 0 Å². The molecule has 0 radical (unpaired) electrons. The fourth-order valence-electron chi connectivity index (χ4n) is 2.22. The molecule has 1 aliphatic rings. The van der Waals surface area contributed by atoms with Gasteiger partial charge in [0.15, 0.2) is 5.69 Å². The van der Waals surface area contributed by atoms with Gasteiger partial charge in [-0.15, -0.1) is 5.10 Å². The summed E-state index contributed by atoms with van der Waals surface area (Å²) in [6, 6.07) is 6.91. The quantitative estimate of drug-likeness (QED) is 0.875. The van der Waals surface area contributed by atoms with E-state index in [4.69, 9.17) is 9.84 Å². The Labute approximate surface area is 125 Å². The van der Waals surface area contributed by atoms with Gasteiger partial charge in [-0.25, -0.2) is 9.48 Å². The molecule has 1 unspecified atom stereocenters. The molecule has 114 valence electrons. The fraction of sp³-hybridized carbons (Fsp3) is 0.286. The van der Waals surface area contributed by atoms with Crippen molar-refractivity contribution >= 4 is 17.6 Å². The molecule has 2 N–H and O–H groups in total. The molecule has 1 amide bonds. The molecular weight excluding hydrogens is 288 g/mol. The standard InChI is InChI=1S/C14H14N4O4/c19-13(12-5-2-6-22-12)15-9-3-1-4-10(7-9)18-8-11(14(20)21)16-17-18/h1,3-4,7-8,12H,2,5-6H2,(H,15,19)(H,20,21). The van der Waals surface area contributed by atoms with Crippen molar-refractivity contribution in [1.29, 1.82) is 0 Å². The number of nitrogens with zero attached hydrogens (tertiary/aromatic N) is 3. The number of amides is 1. The van der Waals surface area contributed by atoms with Crippen LogP contribution in [0.15, 0.2) is 30.5 Å². The van der Waals surface area contributed by atoms with E-state index in [9.17, 15) is 9.59 Å². The zero-order valence-corrected chi connectivity index (χ0v) is 11.6. The summed E-state index contributed by atoms with van der Waals surface area (Å²) in [7, 11) is 0. The predicted molar refractivity (Wildman–Crippen MR) is 75.9 cm³/mol. The van der Waals surface area contributed by atoms with Crippen molar-refractivity contribution in [3.8, 4) is 5.69 Å². The second-order valence-corrected chi connectivity index (χ2v) is 4.89. The van der Waals surface area contributed by atoms with E-state index in [1.54, 1.807) is 24.3 Å². The number of ether oxygens (including phenoxy) is 1. The Kier molecular flexibility index (Phi) is 3.84. The van der Waals surface area contributed by atoms with Crippen molar-refractivity contribution < 1.29 is 19.4 Å². The number of benzene rings is 1. The molecule has 1 aromatic heterocycles. The first kappa shape index (κ1) is 14.2. The number of anilines is 1. The van der Waals surface area contributed by atoms with Gasteiger partial charge in [-0.1, -0.05) is 11.3 Å². The lowest BCUT2D eigenvalue weighted by Gasteiger charge is -2.11. The van der Waals surface area contributed by atoms with Crippen LogP contribution >= 0.6 is 0 Å². The number of carbonyl (C=O) groups is 2. The van der Waals surface area contributed by atoms with E-state index < -0.39 is 12.1 Å². The maximum atomic E-state index is 12.0. The van der Waals surface area contributed by atoms with Gasteiger partial charge >= 0.3 is 5.97 Å². The van der Waals surface area contributed by atoms with Gasteiger partial charge in [0.1, 0.15) is 6.10 Å². The molecule has 0 bridgehead atoms. The maximum Gasteiger partial charge on any atom is 0.358 e. The molecule has 22 heavy (non-hydrogen) atoms. The molecule has 1 aliphatic heterocycles. The number of rotatable bonds is 4. The molecule has 2 aromatic rings. The van der Waals surface area contributed by atoms with E-state index in [-0.39, 0.29) is 11.6 Å². The molecule has 1 saturated heterocycles. The fourth-order valence-corrected chi connectivity index (χ4v) is 2.22. The maximum absolute atomic E-state index is 12.0. The van der Waals surface area contributed by atoms with E-state index in [0.29, 0.717) is 18.0 Å². The highest BCUT2D eigenvalue weighted by Crippen LogP contribution is 2.17. The third-order valence-electron chi connectivity index (χ3n) is 3.31. The van der Waals surface area contributed by atoms with Gasteiger partial charge in [0.25, 0.3) is 5.91 Å². The number of hydrogen-bond acceptors (Lipinski definition) is 5. The summed E-state index contributed by atoms with van der Waals surface area (Å²) < 4.78 is 6.67. The van der Waals surface area contributed by atoms with E-state index in [1.807, 2.05) is 0 Å². The highest BCUT2D eigenvalue weighted by molar-refractivity contribution is 5.94. The number of carboxylic acid groups (broad SMARTS) is 1. The second kappa shape index (κ2) is 5.94. The Morgan fingerprint density at radius 2 is 2.27 bits per heavy atom. The zero-order chi connectivity index (χ0) is 15.5. The average molecular weight is 302 g/mol. The lowest BCUT2D eigenvalue weighted by molar-refractivity contribution is -0.124. The van der Waals surface area contributed by atoms with Crippen LogP contribution in [-0.2, 0) is 9.53 Å². The lowest BCUT2D eigenvalue weighted by atomic mass is 10.2. The highest BCUT2D eigenvalue weighted by Gasteiger charge is 2.23. The number of hydrogen-bond donors (Lipinski definition) is 2. The van der Waals surface area contributed by atoms with Crippen molar-refractivity contribution in [2.24, 2.45) is 0 Å². The van der Waals surface area contributed by atoms with Gasteiger partial charge < -0.3 is 15.2 Å². The van der Waals surface area contributed by atoms with Crippen LogP contribution in [0.1, 0.15) is 23.3 Å². The van der Waals surface area contributed by atoms with Gasteiger partial charge in [0.2, 0.25) is 0 Å². The van der Waals surface area contributed by atoms with E-state index in [2.05, 4.69) is 15.6 Å². The molecule has 3 rings (SSSR count). The van der Waals surface area contributed by atoms with Crippen LogP contribution in [0.2, 0.25) is 0 Å². The largest absolute Gasteiger partial charge is 0.476 e. The monoisotopic (exact) mass is 302 g/mol. The SMILES string of the molecule is O=C(O)c1cn(-c2cccc(NC(=O)C3CCCO3)c2)nn1. The first-order valence-electron chi connectivity index (χ1n) is 6.82. The zero-order valence-electron chi connectivity index (χ0n) is 11.6. The Bertz CT molecular complexity index is 706. The Balaban J connectivity index is 1.76. The summed E-state index contributed by atoms with van der Waals surface area (Å²) in [5.41, 5.74) is 1.05. The van der Waals surface area contributed by atoms with Crippen molar-refractivity contribution in [3.63, 3.8) is 0 Å². The molecule has 1 atom stereocenters. The van der Waals surface area contributed by atoms with Crippen LogP contribution in [-0.4, -0.2) is 44.7 Å². The second-order valence-electron chi connectivity index (χ2n) is 4.89. The molecule has 1 fully saturated rings. The number of nitrogens with one attached hydrogen (secondary N) is 1. The third-order valence-corrected chi connectivity index (χ3v) is 3.31. The van der Waals surface area contributed by atoms with E-state index in [1.165, 1.54) is 10.9 Å². The summed E-state index contributed by atoms with van der Waals surface area (Å²) in [5, 5.41) is 18.9. The number of carbonyl (C=O) groups excluding carboxylic acids is 1. The number of aromatic nitrogens is 3. The Morgan fingerprint density at radius 3 is 2.95 bits per heavy atom. The van der Waals surface area contributed by atoms with Gasteiger partial charge in [0, 0.05) is 12.3 Å². The van der Waals surface area contributed by atoms with Crippen molar-refractivity contribution in [2.45, 2.75) is 18.9 Å². The predicted octanol–water partition coefficient (Wildman–Crippen LogP) is 1.08. The number of carboxylic acids is 1. The molecular formula is C14H14N4O4. The van der Waals surface area contributed by atoms with Crippen LogP contribution in [0.3, 0.4) is 0 Å². The van der Waals surface area contributed by atoms with Crippen LogP contribution < -0.4 is 5.32 Å². The van der Waals surface area contributed by atoms with Crippen LogP contribution in [0.4, 0.5) is 5.69 Å². The minimum atomic E-state index is -1.14. The van der Waals surface area contributed by atoms with Crippen LogP contribution in [0.25, 0.3) is 5.69 Å². The molecule has 0 aliphatic carbocycles. The first-order valence-corrected chi connectivity index (χ1v) is 6.82. The Hall–Kier alpha value is -2.74. The van der Waals surface area contributed by atoms with E-state index in [0.717, 1.165) is 12.8 Å². The van der Waals surface area contributed by atoms with Crippen molar-refractivity contribution in [3.05, 3.63) is 36.2 Å². The third kappa shape index (κ3) is 2.96. The average Bonchev–Trinajstić information content (AvgIpc) is 3.19. The summed E-state index contributed by atoms with van der Waals surface area (Å²) in [6.45, 7) is 0.606. The minimum absolute atomic E-state index is 0.145. The normalized spacial score (nSPS) is 17.4. The molecule has 8 nitrogen and oxygen atoms in total. The number of aromatic carboxylic acids is 1. The molecule has 1 aromatic carbocycles. The summed E-state index contributed by atoms with van der Waals surface area (Å²) in [5.74, 6) is -1.33. The summed E-state index contributed by atoms with van der Waals surface area (Å²) in [6.07, 6.45) is 2.50. The van der Waals surface area contributed by atoms with Crippen molar-refractivity contribution in [1.82, 2.24) is 15.0 Å². The molecule has 2 heterocycles. The molecule has 0 saturated carbocycles. The van der Waals surface area contributed by atoms with Crippen molar-refractivity contribution in [2.75, 3.05) is 11.9 Å². The van der Waals surface area contributed by atoms with Gasteiger partial charge in [-0.3, -0.25) is 4.79 Å².